The molecule has 0 unspecified atom stereocenters. The van der Waals surface area contributed by atoms with Gasteiger partial charge in [-0.1, -0.05) is 17.7 Å². The molecule has 2 aromatic rings. The maximum atomic E-state index is 13.1. The predicted octanol–water partition coefficient (Wildman–Crippen LogP) is 3.83. The fourth-order valence-electron chi connectivity index (χ4n) is 2.71. The van der Waals surface area contributed by atoms with Crippen molar-refractivity contribution in [3.8, 4) is 0 Å². The second-order valence-electron chi connectivity index (χ2n) is 5.75. The Morgan fingerprint density at radius 3 is 2.76 bits per heavy atom. The van der Waals surface area contributed by atoms with Crippen LogP contribution in [0.15, 0.2) is 47.9 Å². The smallest absolute Gasteiger partial charge is 0.243 e. The Hall–Kier alpha value is -1.67. The summed E-state index contributed by atoms with van der Waals surface area (Å²) in [5.41, 5.74) is 1.36. The van der Waals surface area contributed by atoms with Gasteiger partial charge in [0.15, 0.2) is 0 Å². The summed E-state index contributed by atoms with van der Waals surface area (Å²) < 4.78 is 28.1. The molecule has 1 aromatic carbocycles. The van der Waals surface area contributed by atoms with E-state index in [1.807, 2.05) is 6.07 Å². The molecule has 3 rings (SSSR count). The van der Waals surface area contributed by atoms with Crippen LogP contribution in [-0.2, 0) is 21.4 Å². The summed E-state index contributed by atoms with van der Waals surface area (Å²) >= 11 is 7.28. The van der Waals surface area contributed by atoms with Crippen molar-refractivity contribution >= 4 is 44.6 Å². The molecule has 0 saturated carbocycles. The van der Waals surface area contributed by atoms with Crippen LogP contribution in [0.2, 0.25) is 4.34 Å². The highest BCUT2D eigenvalue weighted by molar-refractivity contribution is 7.89. The van der Waals surface area contributed by atoms with Crippen LogP contribution in [0.25, 0.3) is 0 Å². The van der Waals surface area contributed by atoms with E-state index in [9.17, 15) is 13.2 Å². The molecule has 25 heavy (non-hydrogen) atoms. The fraction of sp³-hybridized carbons (Fsp3) is 0.235. The molecule has 8 heteroatoms. The van der Waals surface area contributed by atoms with E-state index in [-0.39, 0.29) is 29.8 Å². The van der Waals surface area contributed by atoms with E-state index in [1.165, 1.54) is 21.7 Å². The Bertz CT molecular complexity index is 937. The number of anilines is 1. The van der Waals surface area contributed by atoms with E-state index in [1.54, 1.807) is 31.2 Å². The summed E-state index contributed by atoms with van der Waals surface area (Å²) in [5.74, 6) is -0.491. The van der Waals surface area contributed by atoms with Gasteiger partial charge in [-0.05, 0) is 42.8 Å². The number of rotatable bonds is 6. The zero-order valence-corrected chi connectivity index (χ0v) is 15.9. The summed E-state index contributed by atoms with van der Waals surface area (Å²) in [6.07, 6.45) is 1.55. The molecule has 132 valence electrons. The van der Waals surface area contributed by atoms with Crippen molar-refractivity contribution in [3.63, 3.8) is 0 Å². The lowest BCUT2D eigenvalue weighted by molar-refractivity contribution is -0.116. The van der Waals surface area contributed by atoms with Gasteiger partial charge >= 0.3 is 0 Å². The highest BCUT2D eigenvalue weighted by Gasteiger charge is 2.30. The number of thiophene rings is 1. The van der Waals surface area contributed by atoms with Gasteiger partial charge in [0.05, 0.1) is 15.1 Å². The summed E-state index contributed by atoms with van der Waals surface area (Å²) in [6.45, 7) is 5.81. The molecule has 1 N–H and O–H groups in total. The molecule has 1 amide bonds. The van der Waals surface area contributed by atoms with Crippen LogP contribution in [0.1, 0.15) is 23.3 Å². The molecule has 0 saturated heterocycles. The van der Waals surface area contributed by atoms with E-state index in [0.717, 1.165) is 4.88 Å². The quantitative estimate of drug-likeness (QED) is 0.754. The van der Waals surface area contributed by atoms with Crippen molar-refractivity contribution < 1.29 is 13.2 Å². The first kappa shape index (κ1) is 18.1. The SMILES string of the molecule is C=CCN(Cc1ccc(Cl)s1)S(=O)(=O)c1ccc2c(c1)[C@@H](C)C(=O)N2. The number of amides is 1. The number of hydrogen-bond donors (Lipinski definition) is 1. The normalized spacial score (nSPS) is 16.8. The van der Waals surface area contributed by atoms with Gasteiger partial charge in [-0.25, -0.2) is 8.42 Å². The van der Waals surface area contributed by atoms with Crippen molar-refractivity contribution in [2.45, 2.75) is 24.3 Å². The number of carbonyl (C=O) groups is 1. The number of benzene rings is 1. The number of sulfonamides is 1. The van der Waals surface area contributed by atoms with Crippen LogP contribution in [0.5, 0.6) is 0 Å². The third kappa shape index (κ3) is 3.50. The molecule has 0 fully saturated rings. The Labute approximate surface area is 156 Å². The molecule has 1 aliphatic rings. The molecule has 0 spiro atoms. The van der Waals surface area contributed by atoms with E-state index >= 15 is 0 Å². The van der Waals surface area contributed by atoms with Crippen LogP contribution in [-0.4, -0.2) is 25.2 Å². The Balaban J connectivity index is 1.95. The van der Waals surface area contributed by atoms with Crippen molar-refractivity contribution in [2.24, 2.45) is 0 Å². The number of nitrogens with zero attached hydrogens (tertiary/aromatic N) is 1. The van der Waals surface area contributed by atoms with Gasteiger partial charge in [0.1, 0.15) is 0 Å². The molecule has 1 aromatic heterocycles. The lowest BCUT2D eigenvalue weighted by Gasteiger charge is -2.20. The second kappa shape index (κ2) is 6.92. The first-order chi connectivity index (χ1) is 11.8. The van der Waals surface area contributed by atoms with Gasteiger partial charge in [-0.2, -0.15) is 4.31 Å². The van der Waals surface area contributed by atoms with E-state index in [0.29, 0.717) is 15.6 Å². The summed E-state index contributed by atoms with van der Waals surface area (Å²) in [4.78, 5) is 12.8. The molecule has 0 aliphatic carbocycles. The summed E-state index contributed by atoms with van der Waals surface area (Å²) in [5, 5.41) is 2.75. The average molecular weight is 397 g/mol. The summed E-state index contributed by atoms with van der Waals surface area (Å²) in [6, 6.07) is 8.28. The largest absolute Gasteiger partial charge is 0.325 e. The number of fused-ring (bicyclic) bond motifs is 1. The molecule has 1 aliphatic heterocycles. The fourth-order valence-corrected chi connectivity index (χ4v) is 5.32. The zero-order valence-electron chi connectivity index (χ0n) is 13.5. The maximum absolute atomic E-state index is 13.1. The van der Waals surface area contributed by atoms with Crippen molar-refractivity contribution in [3.05, 3.63) is 57.8 Å². The topological polar surface area (TPSA) is 66.5 Å². The molecule has 1 atom stereocenters. The van der Waals surface area contributed by atoms with Crippen LogP contribution in [0.3, 0.4) is 0 Å². The summed E-state index contributed by atoms with van der Waals surface area (Å²) in [7, 11) is -3.73. The Kier molecular flexibility index (Phi) is 5.02. The Morgan fingerprint density at radius 2 is 2.12 bits per heavy atom. The molecular weight excluding hydrogens is 380 g/mol. The number of halogens is 1. The lowest BCUT2D eigenvalue weighted by Crippen LogP contribution is -2.30. The van der Waals surface area contributed by atoms with E-state index < -0.39 is 10.0 Å². The maximum Gasteiger partial charge on any atom is 0.243 e. The number of hydrogen-bond acceptors (Lipinski definition) is 4. The first-order valence-electron chi connectivity index (χ1n) is 7.63. The van der Waals surface area contributed by atoms with Crippen LogP contribution < -0.4 is 5.32 Å². The van der Waals surface area contributed by atoms with Crippen molar-refractivity contribution in [2.75, 3.05) is 11.9 Å². The van der Waals surface area contributed by atoms with Crippen LogP contribution in [0.4, 0.5) is 5.69 Å². The zero-order chi connectivity index (χ0) is 18.2. The van der Waals surface area contributed by atoms with Gasteiger partial charge in [0.25, 0.3) is 0 Å². The molecule has 0 radical (unpaired) electrons. The van der Waals surface area contributed by atoms with Crippen LogP contribution in [0, 0.1) is 0 Å². The van der Waals surface area contributed by atoms with Crippen molar-refractivity contribution in [1.82, 2.24) is 4.31 Å². The third-order valence-corrected chi connectivity index (χ3v) is 7.10. The lowest BCUT2D eigenvalue weighted by atomic mass is 10.0. The minimum absolute atomic E-state index is 0.124. The van der Waals surface area contributed by atoms with Crippen LogP contribution >= 0.6 is 22.9 Å². The minimum Gasteiger partial charge on any atom is -0.325 e. The van der Waals surface area contributed by atoms with Crippen molar-refractivity contribution in [1.29, 1.82) is 0 Å². The average Bonchev–Trinajstić information content (AvgIpc) is 3.10. The monoisotopic (exact) mass is 396 g/mol. The minimum atomic E-state index is -3.73. The van der Waals surface area contributed by atoms with Gasteiger partial charge in [0.2, 0.25) is 15.9 Å². The van der Waals surface area contributed by atoms with Gasteiger partial charge in [0, 0.05) is 23.7 Å². The predicted molar refractivity (Wildman–Crippen MR) is 101 cm³/mol. The Morgan fingerprint density at radius 1 is 1.36 bits per heavy atom. The highest BCUT2D eigenvalue weighted by atomic mass is 35.5. The molecule has 0 bridgehead atoms. The molecular formula is C17H17ClN2O3S2. The molecule has 5 nitrogen and oxygen atoms in total. The standard InChI is InChI=1S/C17H17ClN2O3S2/c1-3-8-20(10-12-4-7-16(18)24-12)25(22,23)13-5-6-15-14(9-13)11(2)17(21)19-15/h3-7,9,11H,1,8,10H2,2H3,(H,19,21)/t11-/m1/s1. The molecule has 2 heterocycles. The van der Waals surface area contributed by atoms with E-state index in [2.05, 4.69) is 11.9 Å². The van der Waals surface area contributed by atoms with Gasteiger partial charge in [-0.15, -0.1) is 17.9 Å². The number of carbonyl (C=O) groups excluding carboxylic acids is 1. The first-order valence-corrected chi connectivity index (χ1v) is 10.3. The van der Waals surface area contributed by atoms with Gasteiger partial charge in [-0.3, -0.25) is 4.79 Å². The number of nitrogens with one attached hydrogen (secondary N) is 1. The third-order valence-electron chi connectivity index (χ3n) is 4.07. The van der Waals surface area contributed by atoms with Gasteiger partial charge < -0.3 is 5.32 Å². The highest BCUT2D eigenvalue weighted by Crippen LogP contribution is 2.35. The second-order valence-corrected chi connectivity index (χ2v) is 9.49. The van der Waals surface area contributed by atoms with E-state index in [4.69, 9.17) is 11.6 Å².